The van der Waals surface area contributed by atoms with E-state index in [0.717, 1.165) is 29.5 Å². The maximum atomic E-state index is 13.8. The van der Waals surface area contributed by atoms with Crippen LogP contribution in [0, 0.1) is 5.82 Å². The van der Waals surface area contributed by atoms with E-state index in [4.69, 9.17) is 9.88 Å². The lowest BCUT2D eigenvalue weighted by atomic mass is 10.1. The minimum absolute atomic E-state index is 0.329. The largest absolute Gasteiger partial charge is 0.452 e. The minimum atomic E-state index is -4.12. The molecule has 1 aliphatic heterocycles. The van der Waals surface area contributed by atoms with Gasteiger partial charge in [0.15, 0.2) is 6.61 Å². The predicted octanol–water partition coefficient (Wildman–Crippen LogP) is 1.27. The van der Waals surface area contributed by atoms with Gasteiger partial charge in [0.05, 0.1) is 22.7 Å². The van der Waals surface area contributed by atoms with Crippen LogP contribution in [0.25, 0.3) is 0 Å². The third-order valence-corrected chi connectivity index (χ3v) is 4.92. The van der Waals surface area contributed by atoms with Crippen molar-refractivity contribution in [3.8, 4) is 0 Å². The second-order valence-electron chi connectivity index (χ2n) is 5.94. The van der Waals surface area contributed by atoms with Crippen LogP contribution < -0.4 is 5.14 Å². The average Bonchev–Trinajstić information content (AvgIpc) is 3.16. The molecule has 0 atom stereocenters. The standard InChI is InChI=1S/C18H16FN3O5S/c19-15-7-6-13(28(20,25)26)10-14(15)18(24)27-11-17(23)22-9-8-16(21-22)12-4-2-1-3-5-12/h1-7,10H,8-9,11H2,(H2,20,25,26). The molecule has 0 bridgehead atoms. The number of halogens is 1. The van der Waals surface area contributed by atoms with E-state index < -0.39 is 44.8 Å². The number of benzene rings is 2. The van der Waals surface area contributed by atoms with Gasteiger partial charge in [0, 0.05) is 6.42 Å². The van der Waals surface area contributed by atoms with Gasteiger partial charge in [-0.1, -0.05) is 30.3 Å². The lowest BCUT2D eigenvalue weighted by molar-refractivity contribution is -0.134. The number of carbonyl (C=O) groups excluding carboxylic acids is 2. The molecule has 10 heteroatoms. The Labute approximate surface area is 160 Å². The number of hydrogen-bond donors (Lipinski definition) is 1. The number of esters is 1. The maximum absolute atomic E-state index is 13.8. The fourth-order valence-electron chi connectivity index (χ4n) is 2.59. The van der Waals surface area contributed by atoms with Crippen LogP contribution in [-0.2, 0) is 19.6 Å². The number of carbonyl (C=O) groups is 2. The van der Waals surface area contributed by atoms with Crippen LogP contribution >= 0.6 is 0 Å². The number of hydrazone groups is 1. The quantitative estimate of drug-likeness (QED) is 0.752. The van der Waals surface area contributed by atoms with Crippen LogP contribution in [-0.4, -0.2) is 44.2 Å². The van der Waals surface area contributed by atoms with E-state index in [1.807, 2.05) is 30.3 Å². The predicted molar refractivity (Wildman–Crippen MR) is 97.4 cm³/mol. The number of primary sulfonamides is 1. The van der Waals surface area contributed by atoms with Crippen molar-refractivity contribution < 1.29 is 27.1 Å². The number of amides is 1. The molecular weight excluding hydrogens is 389 g/mol. The Kier molecular flexibility index (Phi) is 5.52. The summed E-state index contributed by atoms with van der Waals surface area (Å²) >= 11 is 0. The van der Waals surface area contributed by atoms with Crippen molar-refractivity contribution in [2.45, 2.75) is 11.3 Å². The summed E-state index contributed by atoms with van der Waals surface area (Å²) in [4.78, 5) is 23.8. The van der Waals surface area contributed by atoms with Crippen LogP contribution in [0.4, 0.5) is 4.39 Å². The molecule has 28 heavy (non-hydrogen) atoms. The number of rotatable bonds is 5. The van der Waals surface area contributed by atoms with Gasteiger partial charge in [-0.05, 0) is 23.8 Å². The smallest absolute Gasteiger partial charge is 0.341 e. The highest BCUT2D eigenvalue weighted by molar-refractivity contribution is 7.89. The second-order valence-corrected chi connectivity index (χ2v) is 7.50. The Bertz CT molecular complexity index is 1050. The third kappa shape index (κ3) is 4.41. The van der Waals surface area contributed by atoms with Gasteiger partial charge in [0.25, 0.3) is 5.91 Å². The minimum Gasteiger partial charge on any atom is -0.452 e. The topological polar surface area (TPSA) is 119 Å². The zero-order valence-corrected chi connectivity index (χ0v) is 15.4. The Balaban J connectivity index is 1.65. The van der Waals surface area contributed by atoms with E-state index in [-0.39, 0.29) is 0 Å². The molecule has 0 spiro atoms. The molecular formula is C18H16FN3O5S. The van der Waals surface area contributed by atoms with E-state index in [1.54, 1.807) is 0 Å². The molecule has 0 aromatic heterocycles. The first-order valence-corrected chi connectivity index (χ1v) is 9.73. The zero-order chi connectivity index (χ0) is 20.3. The van der Waals surface area contributed by atoms with Crippen LogP contribution in [0.1, 0.15) is 22.3 Å². The van der Waals surface area contributed by atoms with Crippen LogP contribution in [0.15, 0.2) is 58.5 Å². The lowest BCUT2D eigenvalue weighted by Gasteiger charge is -2.12. The van der Waals surface area contributed by atoms with Gasteiger partial charge in [-0.25, -0.2) is 27.8 Å². The maximum Gasteiger partial charge on any atom is 0.341 e. The first-order chi connectivity index (χ1) is 13.3. The van der Waals surface area contributed by atoms with Gasteiger partial charge in [0.2, 0.25) is 10.0 Å². The van der Waals surface area contributed by atoms with Gasteiger partial charge in [-0.15, -0.1) is 0 Å². The molecule has 2 aromatic carbocycles. The monoisotopic (exact) mass is 405 g/mol. The van der Waals surface area contributed by atoms with E-state index in [1.165, 1.54) is 5.01 Å². The van der Waals surface area contributed by atoms with Gasteiger partial charge in [-0.2, -0.15) is 5.10 Å². The molecule has 1 heterocycles. The highest BCUT2D eigenvalue weighted by Crippen LogP contribution is 2.16. The van der Waals surface area contributed by atoms with Gasteiger partial charge < -0.3 is 4.74 Å². The second kappa shape index (κ2) is 7.87. The van der Waals surface area contributed by atoms with Crippen molar-refractivity contribution in [2.75, 3.05) is 13.2 Å². The van der Waals surface area contributed by atoms with Crippen molar-refractivity contribution in [3.05, 3.63) is 65.5 Å². The molecule has 1 amide bonds. The molecule has 1 aliphatic rings. The fourth-order valence-corrected chi connectivity index (χ4v) is 3.13. The number of ether oxygens (including phenoxy) is 1. The number of hydrogen-bond acceptors (Lipinski definition) is 6. The molecule has 146 valence electrons. The normalized spacial score (nSPS) is 13.9. The Hall–Kier alpha value is -3.11. The fraction of sp³-hybridized carbons (Fsp3) is 0.167. The SMILES string of the molecule is NS(=O)(=O)c1ccc(F)c(C(=O)OCC(=O)N2CCC(c3ccccc3)=N2)c1. The summed E-state index contributed by atoms with van der Waals surface area (Å²) in [5.74, 6) is -2.75. The average molecular weight is 405 g/mol. The molecule has 8 nitrogen and oxygen atoms in total. The summed E-state index contributed by atoms with van der Waals surface area (Å²) in [6.07, 6.45) is 0.550. The highest BCUT2D eigenvalue weighted by Gasteiger charge is 2.24. The molecule has 0 fully saturated rings. The molecule has 0 unspecified atom stereocenters. The Morgan fingerprint density at radius 2 is 1.89 bits per heavy atom. The van der Waals surface area contributed by atoms with Crippen molar-refractivity contribution in [1.82, 2.24) is 5.01 Å². The van der Waals surface area contributed by atoms with E-state index >= 15 is 0 Å². The summed E-state index contributed by atoms with van der Waals surface area (Å²) in [5, 5.41) is 10.3. The Morgan fingerprint density at radius 1 is 1.18 bits per heavy atom. The molecule has 2 N–H and O–H groups in total. The van der Waals surface area contributed by atoms with E-state index in [0.29, 0.717) is 13.0 Å². The summed E-state index contributed by atoms with van der Waals surface area (Å²) in [5.41, 5.74) is 0.984. The molecule has 3 rings (SSSR count). The summed E-state index contributed by atoms with van der Waals surface area (Å²) in [6.45, 7) is -0.334. The van der Waals surface area contributed by atoms with Crippen LogP contribution in [0.2, 0.25) is 0 Å². The molecule has 0 radical (unpaired) electrons. The first kappa shape index (κ1) is 19.6. The van der Waals surface area contributed by atoms with Crippen molar-refractivity contribution >= 4 is 27.6 Å². The summed E-state index contributed by atoms with van der Waals surface area (Å²) < 4.78 is 41.3. The van der Waals surface area contributed by atoms with E-state index in [9.17, 15) is 22.4 Å². The molecule has 0 saturated heterocycles. The van der Waals surface area contributed by atoms with Crippen molar-refractivity contribution in [1.29, 1.82) is 0 Å². The zero-order valence-electron chi connectivity index (χ0n) is 14.5. The number of nitrogens with two attached hydrogens (primary N) is 1. The summed E-state index contributed by atoms with van der Waals surface area (Å²) in [6, 6.07) is 11.8. The van der Waals surface area contributed by atoms with Gasteiger partial charge in [-0.3, -0.25) is 4.79 Å². The lowest BCUT2D eigenvalue weighted by Crippen LogP contribution is -2.29. The molecule has 0 saturated carbocycles. The van der Waals surface area contributed by atoms with Crippen molar-refractivity contribution in [3.63, 3.8) is 0 Å². The molecule has 2 aromatic rings. The first-order valence-electron chi connectivity index (χ1n) is 8.18. The van der Waals surface area contributed by atoms with Gasteiger partial charge >= 0.3 is 5.97 Å². The van der Waals surface area contributed by atoms with Gasteiger partial charge in [0.1, 0.15) is 5.82 Å². The summed E-state index contributed by atoms with van der Waals surface area (Å²) in [7, 11) is -4.12. The number of sulfonamides is 1. The van der Waals surface area contributed by atoms with Crippen LogP contribution in [0.5, 0.6) is 0 Å². The third-order valence-electron chi connectivity index (χ3n) is 4.01. The highest BCUT2D eigenvalue weighted by atomic mass is 32.2. The van der Waals surface area contributed by atoms with Crippen LogP contribution in [0.3, 0.4) is 0 Å². The number of nitrogens with zero attached hydrogens (tertiary/aromatic N) is 2. The van der Waals surface area contributed by atoms with Crippen molar-refractivity contribution in [2.24, 2.45) is 10.2 Å². The van der Waals surface area contributed by atoms with E-state index in [2.05, 4.69) is 5.10 Å². The Morgan fingerprint density at radius 3 is 2.57 bits per heavy atom. The molecule has 0 aliphatic carbocycles.